The molecule has 0 saturated carbocycles. The molecule has 0 spiro atoms. The smallest absolute Gasteiger partial charge is 0.326 e. The number of nitrogens with zero attached hydrogens (tertiary/aromatic N) is 4. The van der Waals surface area contributed by atoms with Crippen molar-refractivity contribution in [2.75, 3.05) is 23.8 Å². The average molecular weight is 350 g/mol. The van der Waals surface area contributed by atoms with E-state index in [2.05, 4.69) is 20.3 Å². The van der Waals surface area contributed by atoms with Gasteiger partial charge in [0.25, 0.3) is 5.91 Å². The highest BCUT2D eigenvalue weighted by molar-refractivity contribution is 6.32. The summed E-state index contributed by atoms with van der Waals surface area (Å²) in [6, 6.07) is 4.90. The molecule has 0 aliphatic carbocycles. The minimum atomic E-state index is -0.987. The van der Waals surface area contributed by atoms with Crippen LogP contribution in [0.15, 0.2) is 36.8 Å². The third-order valence-corrected chi connectivity index (χ3v) is 3.26. The topological polar surface area (TPSA) is 97.3 Å². The van der Waals surface area contributed by atoms with Gasteiger partial charge in [0.15, 0.2) is 11.3 Å². The van der Waals surface area contributed by atoms with Crippen molar-refractivity contribution in [1.82, 2.24) is 15.0 Å². The second-order valence-electron chi connectivity index (χ2n) is 4.87. The maximum atomic E-state index is 12.0. The fraction of sp³-hybridized carbons (Fsp3) is 0.267. The molecular formula is C15H16ClN5O3. The molecule has 2 rings (SSSR count). The molecule has 0 bridgehead atoms. The van der Waals surface area contributed by atoms with Crippen LogP contribution in [0.2, 0.25) is 5.15 Å². The van der Waals surface area contributed by atoms with E-state index in [0.717, 1.165) is 0 Å². The zero-order valence-corrected chi connectivity index (χ0v) is 13.9. The standard InChI is InChI=1S/C15H16ClN5O3/c1-10(14(23)20-11-5-3-6-17-13(11)16)24-12(22)9-21(2)15-18-7-4-8-19-15/h3-8,10H,9H2,1-2H3,(H,20,23). The zero-order valence-electron chi connectivity index (χ0n) is 13.1. The summed E-state index contributed by atoms with van der Waals surface area (Å²) in [5.74, 6) is -0.699. The van der Waals surface area contributed by atoms with Gasteiger partial charge < -0.3 is 15.0 Å². The molecule has 1 N–H and O–H groups in total. The molecule has 2 aromatic heterocycles. The minimum Gasteiger partial charge on any atom is -0.451 e. The Balaban J connectivity index is 1.87. The number of hydrogen-bond donors (Lipinski definition) is 1. The Morgan fingerprint density at radius 3 is 2.58 bits per heavy atom. The lowest BCUT2D eigenvalue weighted by Crippen LogP contribution is -2.35. The Kier molecular flexibility index (Phi) is 6.02. The van der Waals surface area contributed by atoms with Crippen LogP contribution in [0, 0.1) is 0 Å². The van der Waals surface area contributed by atoms with Gasteiger partial charge in [-0.2, -0.15) is 0 Å². The summed E-state index contributed by atoms with van der Waals surface area (Å²) >= 11 is 5.86. The predicted octanol–water partition coefficient (Wildman–Crippen LogP) is 1.53. The van der Waals surface area contributed by atoms with Crippen LogP contribution in [0.1, 0.15) is 6.92 Å². The highest BCUT2D eigenvalue weighted by Gasteiger charge is 2.20. The van der Waals surface area contributed by atoms with Gasteiger partial charge in [0.1, 0.15) is 6.54 Å². The largest absolute Gasteiger partial charge is 0.451 e. The number of rotatable bonds is 6. The number of hydrogen-bond acceptors (Lipinski definition) is 7. The first kappa shape index (κ1) is 17.6. The number of carbonyl (C=O) groups excluding carboxylic acids is 2. The third-order valence-electron chi connectivity index (χ3n) is 2.95. The number of nitrogens with one attached hydrogen (secondary N) is 1. The summed E-state index contributed by atoms with van der Waals surface area (Å²) in [6.07, 6.45) is 3.65. The quantitative estimate of drug-likeness (QED) is 0.623. The Hall–Kier alpha value is -2.74. The van der Waals surface area contributed by atoms with E-state index in [1.54, 1.807) is 37.6 Å². The molecule has 2 heterocycles. The summed E-state index contributed by atoms with van der Waals surface area (Å²) in [6.45, 7) is 1.38. The number of anilines is 2. The lowest BCUT2D eigenvalue weighted by atomic mass is 10.3. The molecule has 9 heteroatoms. The predicted molar refractivity (Wildman–Crippen MR) is 88.7 cm³/mol. The van der Waals surface area contributed by atoms with Crippen LogP contribution in [-0.2, 0) is 14.3 Å². The van der Waals surface area contributed by atoms with Crippen LogP contribution in [0.4, 0.5) is 11.6 Å². The van der Waals surface area contributed by atoms with Gasteiger partial charge in [-0.15, -0.1) is 0 Å². The van der Waals surface area contributed by atoms with Gasteiger partial charge in [-0.05, 0) is 25.1 Å². The lowest BCUT2D eigenvalue weighted by Gasteiger charge is -2.18. The fourth-order valence-corrected chi connectivity index (χ4v) is 1.92. The molecule has 0 saturated heterocycles. The molecule has 126 valence electrons. The van der Waals surface area contributed by atoms with Crippen molar-refractivity contribution < 1.29 is 14.3 Å². The van der Waals surface area contributed by atoms with Crippen molar-refractivity contribution in [3.8, 4) is 0 Å². The molecule has 0 fully saturated rings. The van der Waals surface area contributed by atoms with Gasteiger partial charge in [0.2, 0.25) is 5.95 Å². The number of esters is 1. The molecule has 1 unspecified atom stereocenters. The second-order valence-corrected chi connectivity index (χ2v) is 5.23. The van der Waals surface area contributed by atoms with E-state index in [1.807, 2.05) is 0 Å². The maximum Gasteiger partial charge on any atom is 0.326 e. The van der Waals surface area contributed by atoms with Gasteiger partial charge >= 0.3 is 5.97 Å². The van der Waals surface area contributed by atoms with Gasteiger partial charge in [-0.3, -0.25) is 9.59 Å². The zero-order chi connectivity index (χ0) is 17.5. The van der Waals surface area contributed by atoms with Crippen LogP contribution in [0.3, 0.4) is 0 Å². The van der Waals surface area contributed by atoms with Crippen LogP contribution >= 0.6 is 11.6 Å². The van der Waals surface area contributed by atoms with Crippen molar-refractivity contribution in [2.45, 2.75) is 13.0 Å². The Labute approximate surface area is 143 Å². The fourth-order valence-electron chi connectivity index (χ4n) is 1.75. The maximum absolute atomic E-state index is 12.0. The van der Waals surface area contributed by atoms with Gasteiger partial charge in [-0.25, -0.2) is 15.0 Å². The second kappa shape index (κ2) is 8.21. The molecular weight excluding hydrogens is 334 g/mol. The molecule has 0 radical (unpaired) electrons. The molecule has 0 aromatic carbocycles. The van der Waals surface area contributed by atoms with E-state index < -0.39 is 18.0 Å². The van der Waals surface area contributed by atoms with Crippen LogP contribution in [0.25, 0.3) is 0 Å². The van der Waals surface area contributed by atoms with Crippen molar-refractivity contribution in [3.05, 3.63) is 41.9 Å². The summed E-state index contributed by atoms with van der Waals surface area (Å²) in [4.78, 5) is 37.4. The van der Waals surface area contributed by atoms with E-state index in [1.165, 1.54) is 18.0 Å². The van der Waals surface area contributed by atoms with E-state index >= 15 is 0 Å². The molecule has 1 atom stereocenters. The van der Waals surface area contributed by atoms with Gasteiger partial charge in [0.05, 0.1) is 5.69 Å². The molecule has 1 amide bonds. The van der Waals surface area contributed by atoms with Crippen LogP contribution in [0.5, 0.6) is 0 Å². The van der Waals surface area contributed by atoms with Gasteiger partial charge in [0, 0.05) is 25.6 Å². The minimum absolute atomic E-state index is 0.0880. The van der Waals surface area contributed by atoms with Crippen molar-refractivity contribution >= 4 is 35.1 Å². The highest BCUT2D eigenvalue weighted by atomic mass is 35.5. The first-order chi connectivity index (χ1) is 11.5. The van der Waals surface area contributed by atoms with Crippen LogP contribution in [-0.4, -0.2) is 46.5 Å². The number of likely N-dealkylation sites (N-methyl/N-ethyl adjacent to an activating group) is 1. The molecule has 0 aliphatic rings. The summed E-state index contributed by atoms with van der Waals surface area (Å²) in [5, 5.41) is 2.71. The summed E-state index contributed by atoms with van der Waals surface area (Å²) in [7, 11) is 1.65. The van der Waals surface area contributed by atoms with E-state index in [4.69, 9.17) is 16.3 Å². The first-order valence-electron chi connectivity index (χ1n) is 7.06. The average Bonchev–Trinajstić information content (AvgIpc) is 2.57. The van der Waals surface area contributed by atoms with E-state index in [-0.39, 0.29) is 11.7 Å². The first-order valence-corrected chi connectivity index (χ1v) is 7.44. The van der Waals surface area contributed by atoms with Crippen molar-refractivity contribution in [1.29, 1.82) is 0 Å². The van der Waals surface area contributed by atoms with Gasteiger partial charge in [-0.1, -0.05) is 11.6 Å². The summed E-state index contributed by atoms with van der Waals surface area (Å²) in [5.41, 5.74) is 0.349. The Bertz CT molecular complexity index is 713. The Morgan fingerprint density at radius 2 is 1.92 bits per heavy atom. The number of carbonyl (C=O) groups is 2. The third kappa shape index (κ3) is 4.88. The van der Waals surface area contributed by atoms with E-state index in [0.29, 0.717) is 11.6 Å². The molecule has 0 aliphatic heterocycles. The molecule has 8 nitrogen and oxygen atoms in total. The number of halogens is 1. The summed E-state index contributed by atoms with van der Waals surface area (Å²) < 4.78 is 5.10. The van der Waals surface area contributed by atoms with E-state index in [9.17, 15) is 9.59 Å². The normalized spacial score (nSPS) is 11.5. The molecule has 2 aromatic rings. The monoisotopic (exact) mass is 349 g/mol. The Morgan fingerprint density at radius 1 is 1.25 bits per heavy atom. The van der Waals surface area contributed by atoms with Crippen molar-refractivity contribution in [3.63, 3.8) is 0 Å². The van der Waals surface area contributed by atoms with Crippen molar-refractivity contribution in [2.24, 2.45) is 0 Å². The number of amides is 1. The number of ether oxygens (including phenoxy) is 1. The highest BCUT2D eigenvalue weighted by Crippen LogP contribution is 2.17. The number of pyridine rings is 1. The van der Waals surface area contributed by atoms with Crippen LogP contribution < -0.4 is 10.2 Å². The number of aromatic nitrogens is 3. The SMILES string of the molecule is CC(OC(=O)CN(C)c1ncccn1)C(=O)Nc1cccnc1Cl. The molecule has 24 heavy (non-hydrogen) atoms. The lowest BCUT2D eigenvalue weighted by molar-refractivity contribution is -0.151.